The average Bonchev–Trinajstić information content (AvgIpc) is 2.52. The molecule has 1 aromatic carbocycles. The molecular weight excluding hydrogens is 288 g/mol. The minimum absolute atomic E-state index is 0.0147. The largest absolute Gasteiger partial charge is 0.414 e. The summed E-state index contributed by atoms with van der Waals surface area (Å²) in [6.45, 7) is 2.30. The summed E-state index contributed by atoms with van der Waals surface area (Å²) in [6.07, 6.45) is 6.86. The van der Waals surface area contributed by atoms with Crippen LogP contribution in [0.4, 0.5) is 4.79 Å². The van der Waals surface area contributed by atoms with Gasteiger partial charge < -0.3 is 15.4 Å². The van der Waals surface area contributed by atoms with Crippen LogP contribution in [0, 0.1) is 5.92 Å². The lowest BCUT2D eigenvalue weighted by Gasteiger charge is -2.47. The maximum atomic E-state index is 11.8. The third-order valence-electron chi connectivity index (χ3n) is 5.76. The molecule has 2 N–H and O–H groups in total. The van der Waals surface area contributed by atoms with Gasteiger partial charge >= 0.3 is 6.09 Å². The number of benzene rings is 1. The molecule has 2 aliphatic carbocycles. The van der Waals surface area contributed by atoms with Gasteiger partial charge in [0.05, 0.1) is 0 Å². The molecule has 0 heterocycles. The number of amides is 1. The summed E-state index contributed by atoms with van der Waals surface area (Å²) in [6, 6.07) is 6.29. The number of nitrogens with zero attached hydrogens (tertiary/aromatic N) is 1. The van der Waals surface area contributed by atoms with Crippen molar-refractivity contribution < 1.29 is 9.53 Å². The lowest BCUT2D eigenvalue weighted by Crippen LogP contribution is -2.52. The van der Waals surface area contributed by atoms with Gasteiger partial charge in [0.2, 0.25) is 0 Å². The lowest BCUT2D eigenvalue weighted by atomic mass is 9.60. The third kappa shape index (κ3) is 2.97. The summed E-state index contributed by atoms with van der Waals surface area (Å²) < 4.78 is 5.46. The van der Waals surface area contributed by atoms with Crippen molar-refractivity contribution in [3.05, 3.63) is 29.3 Å². The van der Waals surface area contributed by atoms with Gasteiger partial charge in [-0.25, -0.2) is 4.79 Å². The van der Waals surface area contributed by atoms with E-state index in [2.05, 4.69) is 19.1 Å². The molecule has 4 heteroatoms. The van der Waals surface area contributed by atoms with Crippen molar-refractivity contribution in [3.63, 3.8) is 0 Å². The molecule has 1 fully saturated rings. The van der Waals surface area contributed by atoms with Crippen molar-refractivity contribution >= 4 is 6.09 Å². The van der Waals surface area contributed by atoms with Crippen LogP contribution in [-0.4, -0.2) is 31.1 Å². The Labute approximate surface area is 139 Å². The quantitative estimate of drug-likeness (QED) is 0.863. The van der Waals surface area contributed by atoms with Crippen LogP contribution in [0.3, 0.4) is 0 Å². The molecule has 1 saturated carbocycles. The fourth-order valence-electron chi connectivity index (χ4n) is 4.29. The molecule has 3 atom stereocenters. The van der Waals surface area contributed by atoms with Crippen molar-refractivity contribution in [1.29, 1.82) is 0 Å². The van der Waals surface area contributed by atoms with Crippen molar-refractivity contribution in [2.45, 2.75) is 56.9 Å². The summed E-state index contributed by atoms with van der Waals surface area (Å²) in [7, 11) is 3.38. The number of hydrogen-bond donors (Lipinski definition) is 1. The molecule has 1 aromatic rings. The Balaban J connectivity index is 1.97. The van der Waals surface area contributed by atoms with Crippen LogP contribution in [0.25, 0.3) is 0 Å². The molecule has 1 amide bonds. The third-order valence-corrected chi connectivity index (χ3v) is 5.76. The summed E-state index contributed by atoms with van der Waals surface area (Å²) in [5.74, 6) is 1.19. The van der Waals surface area contributed by atoms with E-state index in [-0.39, 0.29) is 17.6 Å². The van der Waals surface area contributed by atoms with E-state index in [1.54, 1.807) is 14.1 Å². The van der Waals surface area contributed by atoms with Crippen LogP contribution in [0.2, 0.25) is 0 Å². The molecule has 0 aliphatic heterocycles. The van der Waals surface area contributed by atoms with Crippen LogP contribution >= 0.6 is 0 Å². The lowest BCUT2D eigenvalue weighted by molar-refractivity contribution is 0.171. The van der Waals surface area contributed by atoms with Gasteiger partial charge in [-0.05, 0) is 48.4 Å². The molecule has 3 rings (SSSR count). The molecule has 126 valence electrons. The Morgan fingerprint density at radius 3 is 2.83 bits per heavy atom. The summed E-state index contributed by atoms with van der Waals surface area (Å²) in [5, 5.41) is 0. The molecule has 0 spiro atoms. The molecule has 0 saturated heterocycles. The number of carbonyl (C=O) groups is 1. The summed E-state index contributed by atoms with van der Waals surface area (Å²) in [4.78, 5) is 13.3. The first-order chi connectivity index (χ1) is 10.9. The molecule has 23 heavy (non-hydrogen) atoms. The molecular formula is C19H28N2O2. The van der Waals surface area contributed by atoms with Gasteiger partial charge in [0.15, 0.2) is 0 Å². The number of carbonyl (C=O) groups excluding carboxylic acids is 1. The van der Waals surface area contributed by atoms with Gasteiger partial charge in [-0.3, -0.25) is 0 Å². The average molecular weight is 316 g/mol. The van der Waals surface area contributed by atoms with E-state index in [1.807, 2.05) is 6.07 Å². The predicted molar refractivity (Wildman–Crippen MR) is 91.8 cm³/mol. The number of fused-ring (bicyclic) bond motifs is 4. The van der Waals surface area contributed by atoms with Crippen LogP contribution in [-0.2, 0) is 11.8 Å². The van der Waals surface area contributed by atoms with E-state index in [4.69, 9.17) is 10.5 Å². The van der Waals surface area contributed by atoms with Gasteiger partial charge in [0.1, 0.15) is 5.75 Å². The van der Waals surface area contributed by atoms with Gasteiger partial charge in [-0.15, -0.1) is 0 Å². The Morgan fingerprint density at radius 1 is 1.30 bits per heavy atom. The van der Waals surface area contributed by atoms with Crippen LogP contribution in [0.15, 0.2) is 18.2 Å². The minimum atomic E-state index is -0.342. The van der Waals surface area contributed by atoms with Gasteiger partial charge in [0, 0.05) is 25.6 Å². The van der Waals surface area contributed by atoms with Crippen LogP contribution in [0.5, 0.6) is 5.75 Å². The Bertz CT molecular complexity index is 599. The highest BCUT2D eigenvalue weighted by Gasteiger charge is 2.43. The molecule has 0 aromatic heterocycles. The number of hydrogen-bond acceptors (Lipinski definition) is 3. The molecule has 0 unspecified atom stereocenters. The normalized spacial score (nSPS) is 29.9. The van der Waals surface area contributed by atoms with Gasteiger partial charge in [0.25, 0.3) is 0 Å². The SMILES string of the molecule is CN(C)C(=O)Oc1ccc2c(c1)[C@@]1(C)CCCCC[C@@H](C2)[C@@H]1N. The van der Waals surface area contributed by atoms with E-state index in [0.29, 0.717) is 11.7 Å². The van der Waals surface area contributed by atoms with Crippen molar-refractivity contribution in [2.24, 2.45) is 11.7 Å². The maximum absolute atomic E-state index is 11.8. The topological polar surface area (TPSA) is 55.6 Å². The first kappa shape index (κ1) is 16.3. The van der Waals surface area contributed by atoms with Crippen LogP contribution in [0.1, 0.15) is 50.2 Å². The Kier molecular flexibility index (Phi) is 4.37. The smallest absolute Gasteiger partial charge is 0.410 e. The number of rotatable bonds is 1. The zero-order chi connectivity index (χ0) is 16.6. The Morgan fingerprint density at radius 2 is 2.09 bits per heavy atom. The number of ether oxygens (including phenoxy) is 1. The standard InChI is InChI=1S/C19H28N2O2/c1-19-10-6-4-5-7-14(17(19)20)11-13-8-9-15(12-16(13)19)23-18(22)21(2)3/h8-9,12,14,17H,4-7,10-11,20H2,1-3H3/t14-,17-,19+/m0/s1. The molecule has 2 aliphatic rings. The summed E-state index contributed by atoms with van der Waals surface area (Å²) in [5.41, 5.74) is 9.34. The van der Waals surface area contributed by atoms with E-state index in [9.17, 15) is 4.79 Å². The van der Waals surface area contributed by atoms with Gasteiger partial charge in [-0.1, -0.05) is 32.3 Å². The molecule has 0 radical (unpaired) electrons. The number of nitrogens with two attached hydrogens (primary N) is 1. The minimum Gasteiger partial charge on any atom is -0.410 e. The second kappa shape index (κ2) is 6.16. The van der Waals surface area contributed by atoms with E-state index < -0.39 is 0 Å². The van der Waals surface area contributed by atoms with Crippen molar-refractivity contribution in [2.75, 3.05) is 14.1 Å². The Hall–Kier alpha value is -1.55. The zero-order valence-electron chi connectivity index (χ0n) is 14.5. The van der Waals surface area contributed by atoms with E-state index in [0.717, 1.165) is 12.8 Å². The van der Waals surface area contributed by atoms with E-state index >= 15 is 0 Å². The summed E-state index contributed by atoms with van der Waals surface area (Å²) >= 11 is 0. The van der Waals surface area contributed by atoms with Crippen molar-refractivity contribution in [3.8, 4) is 5.75 Å². The predicted octanol–water partition coefficient (Wildman–Crippen LogP) is 3.47. The molecule has 4 nitrogen and oxygen atoms in total. The fourth-order valence-corrected chi connectivity index (χ4v) is 4.29. The maximum Gasteiger partial charge on any atom is 0.414 e. The first-order valence-corrected chi connectivity index (χ1v) is 8.70. The van der Waals surface area contributed by atoms with Crippen molar-refractivity contribution in [1.82, 2.24) is 4.90 Å². The fraction of sp³-hybridized carbons (Fsp3) is 0.632. The highest BCUT2D eigenvalue weighted by atomic mass is 16.6. The van der Waals surface area contributed by atoms with Gasteiger partial charge in [-0.2, -0.15) is 0 Å². The highest BCUT2D eigenvalue weighted by Crippen LogP contribution is 2.46. The first-order valence-electron chi connectivity index (χ1n) is 8.70. The monoisotopic (exact) mass is 316 g/mol. The van der Waals surface area contributed by atoms with Crippen LogP contribution < -0.4 is 10.5 Å². The molecule has 2 bridgehead atoms. The second-order valence-corrected chi connectivity index (χ2v) is 7.59. The zero-order valence-corrected chi connectivity index (χ0v) is 14.5. The van der Waals surface area contributed by atoms with E-state index in [1.165, 1.54) is 41.7 Å². The second-order valence-electron chi connectivity index (χ2n) is 7.59. The highest BCUT2D eigenvalue weighted by molar-refractivity contribution is 5.70.